The number of likely N-dealkylation sites (N-methyl/N-ethyl adjacent to an activating group) is 1. The highest BCUT2D eigenvalue weighted by molar-refractivity contribution is 6.00. The van der Waals surface area contributed by atoms with Crippen LogP contribution in [0.3, 0.4) is 0 Å². The normalized spacial score (nSPS) is 22.8. The highest BCUT2D eigenvalue weighted by atomic mass is 19.3. The summed E-state index contributed by atoms with van der Waals surface area (Å²) in [5, 5.41) is 11.1. The number of ether oxygens (including phenoxy) is 2. The summed E-state index contributed by atoms with van der Waals surface area (Å²) >= 11 is 0. The number of alkyl halides is 2. The molecule has 1 saturated heterocycles. The molecular weight excluding hydrogens is 532 g/mol. The molecule has 1 aliphatic heterocycles. The number of aromatic amines is 1. The molecule has 1 fully saturated rings. The number of hydrogen-bond donors (Lipinski definition) is 2. The Morgan fingerprint density at radius 3 is 2.71 bits per heavy atom. The number of rotatable bonds is 10. The topological polar surface area (TPSA) is 95.1 Å². The molecule has 2 N–H and O–H groups in total. The summed E-state index contributed by atoms with van der Waals surface area (Å²) in [7, 11) is 1.64. The van der Waals surface area contributed by atoms with Gasteiger partial charge in [0.05, 0.1) is 12.0 Å². The van der Waals surface area contributed by atoms with E-state index in [1.54, 1.807) is 37.4 Å². The van der Waals surface area contributed by atoms with E-state index in [2.05, 4.69) is 9.88 Å². The van der Waals surface area contributed by atoms with Crippen LogP contribution < -0.4 is 4.74 Å². The van der Waals surface area contributed by atoms with Crippen LogP contribution >= 0.6 is 0 Å². The summed E-state index contributed by atoms with van der Waals surface area (Å²) in [5.74, 6) is -0.835. The van der Waals surface area contributed by atoms with Crippen LogP contribution in [0.25, 0.3) is 10.9 Å². The molecule has 0 saturated carbocycles. The van der Waals surface area contributed by atoms with Gasteiger partial charge in [0.15, 0.2) is 0 Å². The van der Waals surface area contributed by atoms with Crippen LogP contribution in [0.2, 0.25) is 0 Å². The van der Waals surface area contributed by atoms with Crippen molar-refractivity contribution in [2.75, 3.05) is 39.9 Å². The zero-order valence-corrected chi connectivity index (χ0v) is 23.7. The van der Waals surface area contributed by atoms with E-state index in [1.807, 2.05) is 19.9 Å². The van der Waals surface area contributed by atoms with Gasteiger partial charge in [0.1, 0.15) is 11.5 Å². The molecule has 8 nitrogen and oxygen atoms in total. The van der Waals surface area contributed by atoms with E-state index >= 15 is 0 Å². The largest absolute Gasteiger partial charge is 0.508 e. The Kier molecular flexibility index (Phi) is 8.33. The van der Waals surface area contributed by atoms with Crippen molar-refractivity contribution < 1.29 is 33.0 Å². The molecular formula is C31H37F2N3O5. The number of benzene rings is 2. The van der Waals surface area contributed by atoms with Crippen molar-refractivity contribution in [2.24, 2.45) is 11.3 Å². The van der Waals surface area contributed by atoms with E-state index in [0.717, 1.165) is 28.9 Å². The van der Waals surface area contributed by atoms with Gasteiger partial charge in [-0.2, -0.15) is 8.78 Å². The molecule has 0 bridgehead atoms. The predicted octanol–water partition coefficient (Wildman–Crippen LogP) is 4.90. The van der Waals surface area contributed by atoms with Crippen molar-refractivity contribution in [3.8, 4) is 11.5 Å². The Labute approximate surface area is 238 Å². The van der Waals surface area contributed by atoms with E-state index < -0.39 is 12.0 Å². The molecule has 0 spiro atoms. The Balaban J connectivity index is 1.59. The Morgan fingerprint density at radius 2 is 2.00 bits per heavy atom. The van der Waals surface area contributed by atoms with Crippen LogP contribution in [0.1, 0.15) is 49.4 Å². The number of aromatic nitrogens is 1. The number of fused-ring (bicyclic) bond motifs is 4. The van der Waals surface area contributed by atoms with Crippen LogP contribution in [0, 0.1) is 11.3 Å². The summed E-state index contributed by atoms with van der Waals surface area (Å²) in [6.45, 7) is 3.84. The zero-order chi connectivity index (χ0) is 29.3. The molecule has 0 radical (unpaired) electrons. The van der Waals surface area contributed by atoms with Crippen molar-refractivity contribution in [3.63, 3.8) is 0 Å². The number of hydrogen-bond acceptors (Lipinski definition) is 6. The number of amides is 2. The summed E-state index contributed by atoms with van der Waals surface area (Å²) in [5.41, 5.74) is 2.33. The van der Waals surface area contributed by atoms with Crippen molar-refractivity contribution in [1.82, 2.24) is 14.8 Å². The number of phenols is 1. The summed E-state index contributed by atoms with van der Waals surface area (Å²) in [6, 6.07) is 11.8. The van der Waals surface area contributed by atoms with Crippen molar-refractivity contribution >= 4 is 22.7 Å². The molecule has 1 aromatic heterocycles. The van der Waals surface area contributed by atoms with Gasteiger partial charge in [-0.3, -0.25) is 19.4 Å². The van der Waals surface area contributed by atoms with Gasteiger partial charge in [-0.25, -0.2) is 0 Å². The van der Waals surface area contributed by atoms with E-state index in [1.165, 1.54) is 11.0 Å². The third-order valence-electron chi connectivity index (χ3n) is 8.84. The summed E-state index contributed by atoms with van der Waals surface area (Å²) < 4.78 is 36.0. The number of H-pyrrole nitrogens is 1. The van der Waals surface area contributed by atoms with E-state index in [4.69, 9.17) is 9.47 Å². The van der Waals surface area contributed by atoms with E-state index in [9.17, 15) is 23.5 Å². The molecule has 2 aromatic carbocycles. The Morgan fingerprint density at radius 1 is 1.20 bits per heavy atom. The lowest BCUT2D eigenvalue weighted by Crippen LogP contribution is -2.52. The molecule has 1 aliphatic carbocycles. The fourth-order valence-corrected chi connectivity index (χ4v) is 6.74. The molecule has 5 rings (SSSR count). The van der Waals surface area contributed by atoms with Crippen LogP contribution in [0.15, 0.2) is 42.5 Å². The molecule has 2 heterocycles. The highest BCUT2D eigenvalue weighted by Crippen LogP contribution is 2.55. The van der Waals surface area contributed by atoms with Gasteiger partial charge >= 0.3 is 6.61 Å². The lowest BCUT2D eigenvalue weighted by Gasteiger charge is -2.45. The quantitative estimate of drug-likeness (QED) is 0.337. The van der Waals surface area contributed by atoms with E-state index in [-0.39, 0.29) is 48.1 Å². The Hall–Kier alpha value is -3.50. The first-order valence-corrected chi connectivity index (χ1v) is 14.1. The fraction of sp³-hybridized carbons (Fsp3) is 0.484. The average molecular weight is 570 g/mol. The van der Waals surface area contributed by atoms with Crippen molar-refractivity contribution in [2.45, 2.75) is 45.6 Å². The van der Waals surface area contributed by atoms with E-state index in [0.29, 0.717) is 37.9 Å². The SMILES string of the molecule is CCN(CCOC)CCN1C(=O)CCC2C(c3cccc(O)c3)c3[nH]c4ccc(OC(F)F)cc4c3C[C@@]2(C)C1=O. The molecule has 3 aromatic rings. The standard InChI is InChI=1S/C31H37F2N3O5/c1-4-35(14-15-40-3)12-13-36-26(38)11-9-24-27(19-6-5-7-20(37)16-19)28-23(18-31(24,2)29(36)39)22-17-21(41-30(32)33)8-10-25(22)34-28/h5-8,10,16-17,24,27,30,34,37H,4,9,11-15,18H2,1-3H3/t24?,27?,31-/m1/s1. The third kappa shape index (κ3) is 5.55. The molecule has 2 amide bonds. The zero-order valence-electron chi connectivity index (χ0n) is 23.7. The van der Waals surface area contributed by atoms with Crippen LogP contribution in [0.5, 0.6) is 11.5 Å². The summed E-state index contributed by atoms with van der Waals surface area (Å²) in [4.78, 5) is 34.9. The number of phenolic OH excluding ortho intramolecular Hbond substituents is 1. The van der Waals surface area contributed by atoms with Gasteiger partial charge in [-0.05, 0) is 66.8 Å². The predicted molar refractivity (Wildman–Crippen MR) is 150 cm³/mol. The molecule has 2 unspecified atom stereocenters. The number of halogens is 2. The lowest BCUT2D eigenvalue weighted by molar-refractivity contribution is -0.151. The first kappa shape index (κ1) is 29.0. The smallest absolute Gasteiger partial charge is 0.387 e. The minimum atomic E-state index is -2.96. The molecule has 2 aliphatic rings. The average Bonchev–Trinajstić information content (AvgIpc) is 3.25. The molecule has 3 atom stereocenters. The molecule has 10 heteroatoms. The van der Waals surface area contributed by atoms with Gasteiger partial charge in [-0.1, -0.05) is 26.0 Å². The van der Waals surface area contributed by atoms with Gasteiger partial charge in [-0.15, -0.1) is 0 Å². The first-order chi connectivity index (χ1) is 19.7. The minimum absolute atomic E-state index is 0.0372. The number of aromatic hydroxyl groups is 1. The second-order valence-electron chi connectivity index (χ2n) is 11.2. The second kappa shape index (κ2) is 11.8. The number of carbonyl (C=O) groups excluding carboxylic acids is 2. The van der Waals surface area contributed by atoms with Crippen LogP contribution in [0.4, 0.5) is 8.78 Å². The maximum Gasteiger partial charge on any atom is 0.387 e. The number of methoxy groups -OCH3 is 1. The van der Waals surface area contributed by atoms with Gasteiger partial charge in [0.25, 0.3) is 0 Å². The number of imide groups is 1. The van der Waals surface area contributed by atoms with Crippen LogP contribution in [-0.2, 0) is 20.7 Å². The monoisotopic (exact) mass is 569 g/mol. The van der Waals surface area contributed by atoms with Crippen molar-refractivity contribution in [1.29, 1.82) is 0 Å². The van der Waals surface area contributed by atoms with Crippen LogP contribution in [-0.4, -0.2) is 78.2 Å². The van der Waals surface area contributed by atoms with Gasteiger partial charge < -0.3 is 19.6 Å². The maximum absolute atomic E-state index is 14.4. The van der Waals surface area contributed by atoms with Gasteiger partial charge in [0, 0.05) is 55.7 Å². The third-order valence-corrected chi connectivity index (χ3v) is 8.84. The lowest BCUT2D eigenvalue weighted by atomic mass is 9.59. The first-order valence-electron chi connectivity index (χ1n) is 14.1. The van der Waals surface area contributed by atoms with Gasteiger partial charge in [0.2, 0.25) is 11.8 Å². The number of nitrogens with zero attached hydrogens (tertiary/aromatic N) is 2. The highest BCUT2D eigenvalue weighted by Gasteiger charge is 2.54. The number of carbonyl (C=O) groups is 2. The Bertz CT molecular complexity index is 1430. The molecule has 220 valence electrons. The second-order valence-corrected chi connectivity index (χ2v) is 11.2. The minimum Gasteiger partial charge on any atom is -0.508 e. The summed E-state index contributed by atoms with van der Waals surface area (Å²) in [6.07, 6.45) is 1.06. The number of likely N-dealkylation sites (tertiary alicyclic amines) is 1. The fourth-order valence-electron chi connectivity index (χ4n) is 6.74. The maximum atomic E-state index is 14.4. The number of nitrogens with one attached hydrogen (secondary N) is 1. The van der Waals surface area contributed by atoms with Crippen molar-refractivity contribution in [3.05, 3.63) is 59.3 Å². The molecule has 41 heavy (non-hydrogen) atoms.